The second kappa shape index (κ2) is 4.51. The Bertz CT molecular complexity index is 565. The number of carbonyl (C=O) groups excluding carboxylic acids is 1. The van der Waals surface area contributed by atoms with E-state index in [0.29, 0.717) is 11.8 Å². The third kappa shape index (κ3) is 2.00. The first-order valence-electron chi connectivity index (χ1n) is 7.32. The zero-order valence-electron chi connectivity index (χ0n) is 12.6. The summed E-state index contributed by atoms with van der Waals surface area (Å²) in [6.07, 6.45) is 5.94. The van der Waals surface area contributed by atoms with Crippen molar-refractivity contribution in [1.82, 2.24) is 0 Å². The second-order valence-electron chi connectivity index (χ2n) is 6.72. The number of hydrogen-bond donors (Lipinski definition) is 0. The summed E-state index contributed by atoms with van der Waals surface area (Å²) in [5.41, 5.74) is 2.49. The van der Waals surface area contributed by atoms with Crippen LogP contribution in [0.3, 0.4) is 0 Å². The summed E-state index contributed by atoms with van der Waals surface area (Å²) in [5, 5.41) is 0. The molecule has 20 heavy (non-hydrogen) atoms. The molecule has 0 amide bonds. The van der Waals surface area contributed by atoms with E-state index in [2.05, 4.69) is 32.9 Å². The Balaban J connectivity index is 1.96. The highest BCUT2D eigenvalue weighted by molar-refractivity contribution is 5.66. The van der Waals surface area contributed by atoms with Crippen LogP contribution in [-0.2, 0) is 21.4 Å². The molecule has 2 aliphatic rings. The first-order chi connectivity index (χ1) is 9.39. The molecule has 3 nitrogen and oxygen atoms in total. The van der Waals surface area contributed by atoms with Crippen LogP contribution in [-0.4, -0.2) is 12.1 Å². The zero-order chi connectivity index (χ0) is 14.5. The Hall–Kier alpha value is -1.51. The minimum absolute atomic E-state index is 0.0165. The molecule has 0 saturated heterocycles. The van der Waals surface area contributed by atoms with E-state index in [1.807, 2.05) is 0 Å². The van der Waals surface area contributed by atoms with Crippen molar-refractivity contribution < 1.29 is 13.9 Å². The van der Waals surface area contributed by atoms with Gasteiger partial charge in [-0.1, -0.05) is 19.9 Å². The number of fused-ring (bicyclic) bond motifs is 2. The van der Waals surface area contributed by atoms with Gasteiger partial charge in [-0.25, -0.2) is 0 Å². The fraction of sp³-hybridized carbons (Fsp3) is 0.588. The summed E-state index contributed by atoms with van der Waals surface area (Å²) in [7, 11) is 0. The monoisotopic (exact) mass is 274 g/mol. The van der Waals surface area contributed by atoms with Gasteiger partial charge in [-0.15, -0.1) is 0 Å². The Morgan fingerprint density at radius 3 is 2.90 bits per heavy atom. The first kappa shape index (κ1) is 13.5. The molecule has 1 heterocycles. The Labute approximate surface area is 120 Å². The highest BCUT2D eigenvalue weighted by Crippen LogP contribution is 2.50. The highest BCUT2D eigenvalue weighted by atomic mass is 16.5. The molecule has 0 radical (unpaired) electrons. The predicted molar refractivity (Wildman–Crippen MR) is 76.3 cm³/mol. The molecule has 3 rings (SSSR count). The topological polar surface area (TPSA) is 39.4 Å². The van der Waals surface area contributed by atoms with Crippen LogP contribution in [0.15, 0.2) is 28.4 Å². The molecule has 1 aromatic heterocycles. The summed E-state index contributed by atoms with van der Waals surface area (Å²) in [4.78, 5) is 11.3. The van der Waals surface area contributed by atoms with E-state index >= 15 is 0 Å². The van der Waals surface area contributed by atoms with Crippen molar-refractivity contribution in [2.24, 2.45) is 11.8 Å². The van der Waals surface area contributed by atoms with E-state index in [1.165, 1.54) is 18.1 Å². The molecule has 108 valence electrons. The lowest BCUT2D eigenvalue weighted by Crippen LogP contribution is -2.44. The average Bonchev–Trinajstić information content (AvgIpc) is 2.80. The first-order valence-corrected chi connectivity index (χ1v) is 7.32. The number of allylic oxidation sites excluding steroid dienone is 1. The van der Waals surface area contributed by atoms with E-state index in [0.717, 1.165) is 18.6 Å². The molecule has 0 aliphatic heterocycles. The van der Waals surface area contributed by atoms with Crippen molar-refractivity contribution in [1.29, 1.82) is 0 Å². The van der Waals surface area contributed by atoms with Gasteiger partial charge in [-0.3, -0.25) is 4.79 Å². The summed E-state index contributed by atoms with van der Waals surface area (Å²) in [6, 6.07) is 2.09. The smallest absolute Gasteiger partial charge is 0.303 e. The van der Waals surface area contributed by atoms with Crippen LogP contribution in [0.25, 0.3) is 0 Å². The highest BCUT2D eigenvalue weighted by Gasteiger charge is 2.47. The molecule has 0 saturated carbocycles. The lowest BCUT2D eigenvalue weighted by Gasteiger charge is -2.46. The lowest BCUT2D eigenvalue weighted by molar-refractivity contribution is -0.146. The fourth-order valence-corrected chi connectivity index (χ4v) is 4.01. The molecule has 0 spiro atoms. The van der Waals surface area contributed by atoms with E-state index < -0.39 is 0 Å². The molecule has 1 aromatic rings. The normalized spacial score (nSPS) is 31.0. The molecule has 2 aliphatic carbocycles. The predicted octanol–water partition coefficient (Wildman–Crippen LogP) is 3.63. The van der Waals surface area contributed by atoms with Gasteiger partial charge in [0, 0.05) is 12.3 Å². The van der Waals surface area contributed by atoms with Gasteiger partial charge in [0.25, 0.3) is 0 Å². The van der Waals surface area contributed by atoms with Gasteiger partial charge < -0.3 is 9.15 Å². The number of carbonyl (C=O) groups is 1. The zero-order valence-corrected chi connectivity index (χ0v) is 12.6. The van der Waals surface area contributed by atoms with Crippen LogP contribution in [0.2, 0.25) is 0 Å². The number of furan rings is 1. The summed E-state index contributed by atoms with van der Waals surface area (Å²) in [6.45, 7) is 8.04. The molecule has 0 unspecified atom stereocenters. The van der Waals surface area contributed by atoms with Crippen molar-refractivity contribution in [3.63, 3.8) is 0 Å². The van der Waals surface area contributed by atoms with Crippen molar-refractivity contribution in [3.8, 4) is 0 Å². The summed E-state index contributed by atoms with van der Waals surface area (Å²) < 4.78 is 11.2. The van der Waals surface area contributed by atoms with Crippen LogP contribution in [0, 0.1) is 11.8 Å². The van der Waals surface area contributed by atoms with Crippen molar-refractivity contribution in [2.75, 3.05) is 0 Å². The third-order valence-corrected chi connectivity index (χ3v) is 4.99. The maximum atomic E-state index is 11.3. The quantitative estimate of drug-likeness (QED) is 0.580. The van der Waals surface area contributed by atoms with E-state index in [-0.39, 0.29) is 17.5 Å². The van der Waals surface area contributed by atoms with Crippen molar-refractivity contribution in [3.05, 3.63) is 35.3 Å². The van der Waals surface area contributed by atoms with Gasteiger partial charge in [-0.2, -0.15) is 0 Å². The van der Waals surface area contributed by atoms with Crippen LogP contribution in [0.1, 0.15) is 45.4 Å². The summed E-state index contributed by atoms with van der Waals surface area (Å²) >= 11 is 0. The molecule has 0 fully saturated rings. The lowest BCUT2D eigenvalue weighted by atomic mass is 9.59. The number of rotatable bonds is 1. The van der Waals surface area contributed by atoms with Gasteiger partial charge in [0.2, 0.25) is 0 Å². The van der Waals surface area contributed by atoms with E-state index in [4.69, 9.17) is 9.15 Å². The van der Waals surface area contributed by atoms with Gasteiger partial charge in [-0.05, 0) is 48.8 Å². The van der Waals surface area contributed by atoms with Crippen molar-refractivity contribution in [2.45, 2.75) is 52.1 Å². The van der Waals surface area contributed by atoms with Crippen LogP contribution >= 0.6 is 0 Å². The van der Waals surface area contributed by atoms with Gasteiger partial charge in [0.1, 0.15) is 11.9 Å². The summed E-state index contributed by atoms with van der Waals surface area (Å²) in [5.74, 6) is 1.87. The molecule has 0 N–H and O–H groups in total. The fourth-order valence-electron chi connectivity index (χ4n) is 4.01. The minimum Gasteiger partial charge on any atom is -0.468 e. The molecule has 3 heteroatoms. The van der Waals surface area contributed by atoms with Crippen LogP contribution in [0.4, 0.5) is 0 Å². The van der Waals surface area contributed by atoms with Crippen LogP contribution < -0.4 is 0 Å². The maximum Gasteiger partial charge on any atom is 0.303 e. The van der Waals surface area contributed by atoms with Crippen LogP contribution in [0.5, 0.6) is 0 Å². The van der Waals surface area contributed by atoms with Gasteiger partial charge in [0.05, 0.1) is 6.26 Å². The number of hydrogen-bond acceptors (Lipinski definition) is 3. The largest absolute Gasteiger partial charge is 0.468 e. The Morgan fingerprint density at radius 1 is 1.45 bits per heavy atom. The van der Waals surface area contributed by atoms with Gasteiger partial charge in [0.15, 0.2) is 0 Å². The SMILES string of the molecule is CC(=O)O[C@@H]1C[C@@H]2[C@H](C=C1C)Cc1ccoc1C2(C)C. The van der Waals surface area contributed by atoms with E-state index in [9.17, 15) is 4.79 Å². The minimum atomic E-state index is -0.200. The Kier molecular flexibility index (Phi) is 3.03. The average molecular weight is 274 g/mol. The van der Waals surface area contributed by atoms with E-state index in [1.54, 1.807) is 6.26 Å². The maximum absolute atomic E-state index is 11.3. The number of ether oxygens (including phenoxy) is 1. The van der Waals surface area contributed by atoms with Gasteiger partial charge >= 0.3 is 5.97 Å². The number of esters is 1. The molecule has 0 aromatic carbocycles. The molecular formula is C17H22O3. The van der Waals surface area contributed by atoms with Crippen molar-refractivity contribution >= 4 is 5.97 Å². The Morgan fingerprint density at radius 2 is 2.20 bits per heavy atom. The molecule has 3 atom stereocenters. The standard InChI is InChI=1S/C17H22O3/c1-10-7-13-8-12-5-6-19-16(12)17(3,4)14(13)9-15(10)20-11(2)18/h5-7,13-15H,8-9H2,1-4H3/t13-,14-,15-/m1/s1. The molecule has 0 bridgehead atoms. The second-order valence-corrected chi connectivity index (χ2v) is 6.72. The molecular weight excluding hydrogens is 252 g/mol. The third-order valence-electron chi connectivity index (χ3n) is 4.99.